The van der Waals surface area contributed by atoms with Gasteiger partial charge in [0.1, 0.15) is 0 Å². The predicted octanol–water partition coefficient (Wildman–Crippen LogP) is 4.70. The zero-order chi connectivity index (χ0) is 20.6. The van der Waals surface area contributed by atoms with Crippen LogP contribution in [0.25, 0.3) is 11.3 Å². The zero-order valence-corrected chi connectivity index (χ0v) is 17.6. The van der Waals surface area contributed by atoms with Crippen molar-refractivity contribution in [2.75, 3.05) is 13.6 Å². The highest BCUT2D eigenvalue weighted by Gasteiger charge is 2.09. The molecule has 0 radical (unpaired) electrons. The molecule has 0 aliphatic rings. The van der Waals surface area contributed by atoms with Gasteiger partial charge in [0.2, 0.25) is 5.91 Å². The Labute approximate surface area is 176 Å². The first-order chi connectivity index (χ1) is 14.0. The fourth-order valence-electron chi connectivity index (χ4n) is 2.94. The number of amides is 1. The van der Waals surface area contributed by atoms with Gasteiger partial charge in [0.05, 0.1) is 6.20 Å². The number of aryl methyl sites for hydroxylation is 1. The number of halogens is 1. The van der Waals surface area contributed by atoms with E-state index in [0.717, 1.165) is 24.2 Å². The minimum atomic E-state index is -0.0210. The number of carbonyl (C=O) groups is 1. The fourth-order valence-corrected chi connectivity index (χ4v) is 3.07. The SMILES string of the molecule is CCN(C)Cc1cccc(CNC(=O)CCc2ncc(-c3ccc(Cl)cc3)o2)c1. The fraction of sp³-hybridized carbons (Fsp3) is 0.304. The van der Waals surface area contributed by atoms with Crippen LogP contribution < -0.4 is 5.32 Å². The van der Waals surface area contributed by atoms with Gasteiger partial charge in [0, 0.05) is 36.5 Å². The summed E-state index contributed by atoms with van der Waals surface area (Å²) in [4.78, 5) is 18.7. The molecular weight excluding hydrogens is 386 g/mol. The van der Waals surface area contributed by atoms with Gasteiger partial charge in [-0.2, -0.15) is 0 Å². The summed E-state index contributed by atoms with van der Waals surface area (Å²) in [5, 5.41) is 3.65. The molecule has 3 rings (SSSR count). The van der Waals surface area contributed by atoms with Crippen molar-refractivity contribution in [1.29, 1.82) is 0 Å². The number of benzene rings is 2. The maximum atomic E-state index is 12.2. The zero-order valence-electron chi connectivity index (χ0n) is 16.8. The maximum Gasteiger partial charge on any atom is 0.220 e. The highest BCUT2D eigenvalue weighted by Crippen LogP contribution is 2.22. The second-order valence-corrected chi connectivity index (χ2v) is 7.49. The lowest BCUT2D eigenvalue weighted by atomic mass is 10.1. The molecule has 0 atom stereocenters. The molecule has 29 heavy (non-hydrogen) atoms. The lowest BCUT2D eigenvalue weighted by Crippen LogP contribution is -2.23. The van der Waals surface area contributed by atoms with Gasteiger partial charge in [-0.15, -0.1) is 0 Å². The Bertz CT molecular complexity index is 937. The quantitative estimate of drug-likeness (QED) is 0.554. The molecule has 0 fully saturated rings. The molecular formula is C23H26ClN3O2. The van der Waals surface area contributed by atoms with E-state index in [0.29, 0.717) is 36.1 Å². The predicted molar refractivity (Wildman–Crippen MR) is 116 cm³/mol. The number of hydrogen-bond acceptors (Lipinski definition) is 4. The van der Waals surface area contributed by atoms with Crippen molar-refractivity contribution in [1.82, 2.24) is 15.2 Å². The van der Waals surface area contributed by atoms with Crippen molar-refractivity contribution >= 4 is 17.5 Å². The minimum Gasteiger partial charge on any atom is -0.441 e. The number of nitrogens with one attached hydrogen (secondary N) is 1. The first kappa shape index (κ1) is 21.1. The highest BCUT2D eigenvalue weighted by atomic mass is 35.5. The molecule has 1 aromatic heterocycles. The summed E-state index contributed by atoms with van der Waals surface area (Å²) >= 11 is 5.91. The molecule has 1 amide bonds. The summed E-state index contributed by atoms with van der Waals surface area (Å²) in [6.45, 7) is 4.56. The van der Waals surface area contributed by atoms with Crippen LogP contribution in [0, 0.1) is 0 Å². The van der Waals surface area contributed by atoms with E-state index < -0.39 is 0 Å². The Balaban J connectivity index is 1.47. The Morgan fingerprint density at radius 3 is 2.69 bits per heavy atom. The lowest BCUT2D eigenvalue weighted by Gasteiger charge is -2.14. The van der Waals surface area contributed by atoms with Gasteiger partial charge >= 0.3 is 0 Å². The van der Waals surface area contributed by atoms with Gasteiger partial charge in [-0.1, -0.05) is 42.8 Å². The van der Waals surface area contributed by atoms with Gasteiger partial charge in [-0.3, -0.25) is 4.79 Å². The number of aromatic nitrogens is 1. The van der Waals surface area contributed by atoms with Crippen molar-refractivity contribution in [3.63, 3.8) is 0 Å². The molecule has 152 valence electrons. The van der Waals surface area contributed by atoms with Crippen LogP contribution in [0.3, 0.4) is 0 Å². The van der Waals surface area contributed by atoms with Crippen molar-refractivity contribution < 1.29 is 9.21 Å². The van der Waals surface area contributed by atoms with Crippen LogP contribution in [0.15, 0.2) is 59.1 Å². The Morgan fingerprint density at radius 2 is 1.93 bits per heavy atom. The Hall–Kier alpha value is -2.63. The molecule has 5 nitrogen and oxygen atoms in total. The van der Waals surface area contributed by atoms with Crippen LogP contribution in [-0.2, 0) is 24.3 Å². The van der Waals surface area contributed by atoms with Crippen molar-refractivity contribution in [3.05, 3.63) is 76.8 Å². The smallest absolute Gasteiger partial charge is 0.220 e. The van der Waals surface area contributed by atoms with Crippen LogP contribution in [0.2, 0.25) is 5.02 Å². The Morgan fingerprint density at radius 1 is 1.17 bits per heavy atom. The van der Waals surface area contributed by atoms with E-state index in [-0.39, 0.29) is 5.91 Å². The number of hydrogen-bond donors (Lipinski definition) is 1. The van der Waals surface area contributed by atoms with Gasteiger partial charge < -0.3 is 14.6 Å². The average molecular weight is 412 g/mol. The van der Waals surface area contributed by atoms with Crippen LogP contribution in [-0.4, -0.2) is 29.4 Å². The summed E-state index contributed by atoms with van der Waals surface area (Å²) in [7, 11) is 2.09. The third-order valence-corrected chi connectivity index (χ3v) is 4.97. The summed E-state index contributed by atoms with van der Waals surface area (Å²) < 4.78 is 5.75. The van der Waals surface area contributed by atoms with E-state index >= 15 is 0 Å². The maximum absolute atomic E-state index is 12.2. The van der Waals surface area contributed by atoms with Crippen molar-refractivity contribution in [2.45, 2.75) is 32.9 Å². The summed E-state index contributed by atoms with van der Waals surface area (Å²) in [6.07, 6.45) is 2.47. The minimum absolute atomic E-state index is 0.0210. The molecule has 0 unspecified atom stereocenters. The van der Waals surface area contributed by atoms with E-state index in [1.807, 2.05) is 36.4 Å². The molecule has 1 heterocycles. The van der Waals surface area contributed by atoms with E-state index in [1.165, 1.54) is 5.56 Å². The summed E-state index contributed by atoms with van der Waals surface area (Å²) in [5.41, 5.74) is 3.25. The van der Waals surface area contributed by atoms with Gasteiger partial charge in [-0.05, 0) is 49.0 Å². The third kappa shape index (κ3) is 6.44. The van der Waals surface area contributed by atoms with Crippen LogP contribution in [0.1, 0.15) is 30.4 Å². The largest absolute Gasteiger partial charge is 0.441 e. The van der Waals surface area contributed by atoms with Gasteiger partial charge in [-0.25, -0.2) is 4.98 Å². The highest BCUT2D eigenvalue weighted by molar-refractivity contribution is 6.30. The first-order valence-corrected chi connectivity index (χ1v) is 10.1. The number of rotatable bonds is 9. The monoisotopic (exact) mass is 411 g/mol. The number of nitrogens with zero attached hydrogens (tertiary/aromatic N) is 2. The molecule has 0 saturated carbocycles. The van der Waals surface area contributed by atoms with Crippen LogP contribution >= 0.6 is 11.6 Å². The topological polar surface area (TPSA) is 58.4 Å². The number of carbonyl (C=O) groups excluding carboxylic acids is 1. The lowest BCUT2D eigenvalue weighted by molar-refractivity contribution is -0.121. The summed E-state index contributed by atoms with van der Waals surface area (Å²) in [5.74, 6) is 1.20. The molecule has 1 N–H and O–H groups in total. The molecule has 0 saturated heterocycles. The third-order valence-electron chi connectivity index (χ3n) is 4.72. The number of oxazole rings is 1. The van der Waals surface area contributed by atoms with E-state index in [4.69, 9.17) is 16.0 Å². The molecule has 6 heteroatoms. The van der Waals surface area contributed by atoms with Crippen molar-refractivity contribution in [3.8, 4) is 11.3 Å². The van der Waals surface area contributed by atoms with Crippen LogP contribution in [0.5, 0.6) is 0 Å². The standard InChI is InChI=1S/C23H26ClN3O2/c1-3-27(2)16-18-6-4-5-17(13-18)14-25-22(28)11-12-23-26-15-21(29-23)19-7-9-20(24)10-8-19/h4-10,13,15H,3,11-12,14,16H2,1-2H3,(H,25,28). The van der Waals surface area contributed by atoms with Gasteiger partial charge in [0.25, 0.3) is 0 Å². The molecule has 0 bridgehead atoms. The average Bonchev–Trinajstić information content (AvgIpc) is 3.20. The molecule has 0 spiro atoms. The summed E-state index contributed by atoms with van der Waals surface area (Å²) in [6, 6.07) is 15.7. The first-order valence-electron chi connectivity index (χ1n) is 9.77. The molecule has 3 aromatic rings. The van der Waals surface area contributed by atoms with E-state index in [9.17, 15) is 4.79 Å². The molecule has 0 aliphatic heterocycles. The van der Waals surface area contributed by atoms with E-state index in [1.54, 1.807) is 6.20 Å². The Kier molecular flexibility index (Phi) is 7.44. The molecule has 2 aromatic carbocycles. The second kappa shape index (κ2) is 10.2. The normalized spacial score (nSPS) is 11.0. The van der Waals surface area contributed by atoms with Gasteiger partial charge in [0.15, 0.2) is 11.7 Å². The van der Waals surface area contributed by atoms with Crippen LogP contribution in [0.4, 0.5) is 0 Å². The van der Waals surface area contributed by atoms with Crippen molar-refractivity contribution in [2.24, 2.45) is 0 Å². The second-order valence-electron chi connectivity index (χ2n) is 7.05. The molecule has 0 aliphatic carbocycles. The van der Waals surface area contributed by atoms with E-state index in [2.05, 4.69) is 41.3 Å².